The van der Waals surface area contributed by atoms with Crippen molar-refractivity contribution >= 4 is 22.6 Å². The molecule has 1 amide bonds. The van der Waals surface area contributed by atoms with Gasteiger partial charge in [-0.1, -0.05) is 30.3 Å². The van der Waals surface area contributed by atoms with Gasteiger partial charge in [0.1, 0.15) is 6.33 Å². The summed E-state index contributed by atoms with van der Waals surface area (Å²) in [5.41, 5.74) is 6.86. The molecule has 3 aromatic rings. The van der Waals surface area contributed by atoms with E-state index in [1.165, 1.54) is 6.33 Å². The SMILES string of the molecule is O=C(NNc1ncnc2ccccc12)c1ccccc1. The van der Waals surface area contributed by atoms with E-state index in [1.54, 1.807) is 12.1 Å². The molecule has 0 radical (unpaired) electrons. The lowest BCUT2D eigenvalue weighted by molar-refractivity contribution is 0.0962. The summed E-state index contributed by atoms with van der Waals surface area (Å²) in [6, 6.07) is 16.6. The normalized spacial score (nSPS) is 10.2. The van der Waals surface area contributed by atoms with Crippen LogP contribution in [-0.4, -0.2) is 15.9 Å². The summed E-state index contributed by atoms with van der Waals surface area (Å²) < 4.78 is 0. The molecule has 0 saturated heterocycles. The number of carbonyl (C=O) groups excluding carboxylic acids is 1. The van der Waals surface area contributed by atoms with Crippen LogP contribution in [0.4, 0.5) is 5.82 Å². The van der Waals surface area contributed by atoms with E-state index in [2.05, 4.69) is 20.8 Å². The van der Waals surface area contributed by atoms with Crippen LogP contribution in [0.5, 0.6) is 0 Å². The Bertz CT molecular complexity index is 738. The highest BCUT2D eigenvalue weighted by Gasteiger charge is 2.06. The summed E-state index contributed by atoms with van der Waals surface area (Å²) in [5, 5.41) is 0.850. The summed E-state index contributed by atoms with van der Waals surface area (Å²) in [4.78, 5) is 20.2. The number of hydrogen-bond donors (Lipinski definition) is 2. The molecule has 2 aromatic carbocycles. The Morgan fingerprint density at radius 3 is 2.50 bits per heavy atom. The average Bonchev–Trinajstić information content (AvgIpc) is 2.53. The highest BCUT2D eigenvalue weighted by Crippen LogP contribution is 2.17. The lowest BCUT2D eigenvalue weighted by Crippen LogP contribution is -2.29. The molecule has 0 aliphatic rings. The minimum Gasteiger partial charge on any atom is -0.281 e. The second-order valence-corrected chi connectivity index (χ2v) is 4.18. The molecular weight excluding hydrogens is 252 g/mol. The largest absolute Gasteiger partial charge is 0.281 e. The molecule has 5 nitrogen and oxygen atoms in total. The Hall–Kier alpha value is -2.95. The van der Waals surface area contributed by atoms with Crippen molar-refractivity contribution in [3.8, 4) is 0 Å². The van der Waals surface area contributed by atoms with Crippen LogP contribution in [0.1, 0.15) is 10.4 Å². The van der Waals surface area contributed by atoms with Crippen molar-refractivity contribution in [2.24, 2.45) is 0 Å². The topological polar surface area (TPSA) is 66.9 Å². The number of fused-ring (bicyclic) bond motifs is 1. The molecule has 98 valence electrons. The van der Waals surface area contributed by atoms with E-state index in [0.29, 0.717) is 11.4 Å². The summed E-state index contributed by atoms with van der Waals surface area (Å²) >= 11 is 0. The van der Waals surface area contributed by atoms with Gasteiger partial charge in [-0.05, 0) is 24.3 Å². The molecule has 2 N–H and O–H groups in total. The summed E-state index contributed by atoms with van der Waals surface area (Å²) in [7, 11) is 0. The molecule has 20 heavy (non-hydrogen) atoms. The van der Waals surface area contributed by atoms with Gasteiger partial charge >= 0.3 is 0 Å². The van der Waals surface area contributed by atoms with Gasteiger partial charge in [0.15, 0.2) is 5.82 Å². The molecule has 3 rings (SSSR count). The molecule has 0 aliphatic heterocycles. The van der Waals surface area contributed by atoms with Crippen molar-refractivity contribution in [3.63, 3.8) is 0 Å². The third kappa shape index (κ3) is 2.42. The Kier molecular flexibility index (Phi) is 3.24. The van der Waals surface area contributed by atoms with Crippen molar-refractivity contribution in [2.45, 2.75) is 0 Å². The molecule has 0 unspecified atom stereocenters. The molecule has 1 heterocycles. The van der Waals surface area contributed by atoms with Gasteiger partial charge in [0.2, 0.25) is 0 Å². The third-order valence-electron chi connectivity index (χ3n) is 2.87. The van der Waals surface area contributed by atoms with Crippen LogP contribution in [0.3, 0.4) is 0 Å². The Labute approximate surface area is 115 Å². The van der Waals surface area contributed by atoms with Crippen LogP contribution >= 0.6 is 0 Å². The monoisotopic (exact) mass is 264 g/mol. The first-order chi connectivity index (χ1) is 9.84. The number of hydrogen-bond acceptors (Lipinski definition) is 4. The number of amides is 1. The van der Waals surface area contributed by atoms with Crippen LogP contribution in [-0.2, 0) is 0 Å². The molecule has 5 heteroatoms. The first-order valence-corrected chi connectivity index (χ1v) is 6.16. The van der Waals surface area contributed by atoms with Gasteiger partial charge in [0.05, 0.1) is 5.52 Å². The zero-order valence-electron chi connectivity index (χ0n) is 10.6. The Morgan fingerprint density at radius 2 is 1.65 bits per heavy atom. The second kappa shape index (κ2) is 5.36. The molecule has 0 bridgehead atoms. The van der Waals surface area contributed by atoms with Gasteiger partial charge in [-0.2, -0.15) is 0 Å². The predicted molar refractivity (Wildman–Crippen MR) is 77.1 cm³/mol. The Balaban J connectivity index is 1.79. The van der Waals surface area contributed by atoms with Gasteiger partial charge in [0, 0.05) is 10.9 Å². The van der Waals surface area contributed by atoms with Gasteiger partial charge in [-0.25, -0.2) is 9.97 Å². The van der Waals surface area contributed by atoms with E-state index < -0.39 is 0 Å². The van der Waals surface area contributed by atoms with Crippen LogP contribution < -0.4 is 10.9 Å². The lowest BCUT2D eigenvalue weighted by Gasteiger charge is -2.09. The van der Waals surface area contributed by atoms with Crippen molar-refractivity contribution in [1.29, 1.82) is 0 Å². The van der Waals surface area contributed by atoms with Crippen molar-refractivity contribution in [3.05, 3.63) is 66.5 Å². The summed E-state index contributed by atoms with van der Waals surface area (Å²) in [6.45, 7) is 0. The van der Waals surface area contributed by atoms with Crippen molar-refractivity contribution in [1.82, 2.24) is 15.4 Å². The van der Waals surface area contributed by atoms with Crippen LogP contribution in [0.2, 0.25) is 0 Å². The smallest absolute Gasteiger partial charge is 0.269 e. The maximum atomic E-state index is 11.9. The van der Waals surface area contributed by atoms with E-state index >= 15 is 0 Å². The Morgan fingerprint density at radius 1 is 0.900 bits per heavy atom. The quantitative estimate of drug-likeness (QED) is 0.713. The van der Waals surface area contributed by atoms with E-state index in [0.717, 1.165) is 10.9 Å². The number of carbonyl (C=O) groups is 1. The average molecular weight is 264 g/mol. The molecule has 0 atom stereocenters. The second-order valence-electron chi connectivity index (χ2n) is 4.18. The highest BCUT2D eigenvalue weighted by atomic mass is 16.2. The van der Waals surface area contributed by atoms with E-state index in [-0.39, 0.29) is 5.91 Å². The van der Waals surface area contributed by atoms with Gasteiger partial charge < -0.3 is 0 Å². The predicted octanol–water partition coefficient (Wildman–Crippen LogP) is 2.39. The first kappa shape index (κ1) is 12.1. The third-order valence-corrected chi connectivity index (χ3v) is 2.87. The minimum atomic E-state index is -0.215. The number of nitrogens with zero attached hydrogens (tertiary/aromatic N) is 2. The number of aromatic nitrogens is 2. The first-order valence-electron chi connectivity index (χ1n) is 6.16. The number of hydrazine groups is 1. The van der Waals surface area contributed by atoms with E-state index in [1.807, 2.05) is 42.5 Å². The number of rotatable bonds is 3. The van der Waals surface area contributed by atoms with E-state index in [4.69, 9.17) is 0 Å². The molecule has 0 spiro atoms. The zero-order chi connectivity index (χ0) is 13.8. The zero-order valence-corrected chi connectivity index (χ0v) is 10.6. The summed E-state index contributed by atoms with van der Waals surface area (Å²) in [5.74, 6) is 0.355. The number of nitrogens with one attached hydrogen (secondary N) is 2. The lowest BCUT2D eigenvalue weighted by atomic mass is 10.2. The van der Waals surface area contributed by atoms with Gasteiger partial charge in [-0.3, -0.25) is 15.6 Å². The molecular formula is C15H12N4O. The van der Waals surface area contributed by atoms with Crippen LogP contribution in [0.15, 0.2) is 60.9 Å². The molecule has 0 saturated carbocycles. The highest BCUT2D eigenvalue weighted by molar-refractivity contribution is 5.96. The van der Waals surface area contributed by atoms with Crippen LogP contribution in [0, 0.1) is 0 Å². The fraction of sp³-hybridized carbons (Fsp3) is 0. The van der Waals surface area contributed by atoms with Gasteiger partial charge in [-0.15, -0.1) is 0 Å². The van der Waals surface area contributed by atoms with Crippen molar-refractivity contribution in [2.75, 3.05) is 5.43 Å². The number of para-hydroxylation sites is 1. The maximum absolute atomic E-state index is 11.9. The molecule has 1 aromatic heterocycles. The van der Waals surface area contributed by atoms with Crippen LogP contribution in [0.25, 0.3) is 10.9 Å². The van der Waals surface area contributed by atoms with Crippen molar-refractivity contribution < 1.29 is 4.79 Å². The summed E-state index contributed by atoms with van der Waals surface area (Å²) in [6.07, 6.45) is 1.46. The molecule has 0 aliphatic carbocycles. The maximum Gasteiger partial charge on any atom is 0.269 e. The van der Waals surface area contributed by atoms with E-state index in [9.17, 15) is 4.79 Å². The standard InChI is InChI=1S/C15H12N4O/c20-15(11-6-2-1-3-7-11)19-18-14-12-8-4-5-9-13(12)16-10-17-14/h1-10H,(H,19,20)(H,16,17,18). The number of anilines is 1. The fourth-order valence-electron chi connectivity index (χ4n) is 1.88. The minimum absolute atomic E-state index is 0.215. The van der Waals surface area contributed by atoms with Gasteiger partial charge in [0.25, 0.3) is 5.91 Å². The molecule has 0 fully saturated rings. The fourth-order valence-corrected chi connectivity index (χ4v) is 1.88. The number of benzene rings is 2.